The highest BCUT2D eigenvalue weighted by Crippen LogP contribution is 2.35. The average Bonchev–Trinajstić information content (AvgIpc) is 3.05. The van der Waals surface area contributed by atoms with E-state index in [0.717, 1.165) is 12.0 Å². The van der Waals surface area contributed by atoms with Gasteiger partial charge in [-0.2, -0.15) is 0 Å². The minimum Gasteiger partial charge on any atom is -0.352 e. The van der Waals surface area contributed by atoms with Gasteiger partial charge in [0, 0.05) is 25.6 Å². The lowest BCUT2D eigenvalue weighted by Crippen LogP contribution is -2.50. The molecule has 0 aromatic heterocycles. The molecule has 1 aliphatic carbocycles. The average molecular weight is 440 g/mol. The Balaban J connectivity index is 1.69. The van der Waals surface area contributed by atoms with Gasteiger partial charge < -0.3 is 10.2 Å². The molecule has 7 nitrogen and oxygen atoms in total. The van der Waals surface area contributed by atoms with Gasteiger partial charge in [0.25, 0.3) is 0 Å². The molecule has 1 aromatic carbocycles. The third-order valence-corrected chi connectivity index (χ3v) is 6.51. The molecule has 2 unspecified atom stereocenters. The van der Waals surface area contributed by atoms with Crippen LogP contribution in [-0.4, -0.2) is 52.1 Å². The number of allylic oxidation sites excluding steroid dienone is 2. The van der Waals surface area contributed by atoms with Gasteiger partial charge in [-0.3, -0.25) is 24.1 Å². The highest BCUT2D eigenvalue weighted by molar-refractivity contribution is 6.05. The van der Waals surface area contributed by atoms with Gasteiger partial charge in [-0.25, -0.2) is 0 Å². The second-order valence-corrected chi connectivity index (χ2v) is 8.74. The summed E-state index contributed by atoms with van der Waals surface area (Å²) in [6, 6.07) is 8.82. The first-order chi connectivity index (χ1) is 15.3. The predicted molar refractivity (Wildman–Crippen MR) is 121 cm³/mol. The Labute approximate surface area is 189 Å². The molecular weight excluding hydrogens is 406 g/mol. The SMILES string of the molecule is CCC(C)NC(=O)C(C)N(Cc1ccccc1)C(=O)CCN1C(=O)[C@H]2CC=CC[C@H]2C1=O. The van der Waals surface area contributed by atoms with E-state index in [1.807, 2.05) is 56.3 Å². The van der Waals surface area contributed by atoms with E-state index in [-0.39, 0.29) is 61.0 Å². The number of likely N-dealkylation sites (tertiary alicyclic amines) is 1. The largest absolute Gasteiger partial charge is 0.352 e. The summed E-state index contributed by atoms with van der Waals surface area (Å²) in [5, 5.41) is 2.94. The summed E-state index contributed by atoms with van der Waals surface area (Å²) in [6.07, 6.45) is 5.83. The lowest BCUT2D eigenvalue weighted by atomic mass is 9.85. The zero-order valence-corrected chi connectivity index (χ0v) is 19.1. The monoisotopic (exact) mass is 439 g/mol. The van der Waals surface area contributed by atoms with Crippen LogP contribution in [0.25, 0.3) is 0 Å². The molecule has 4 atom stereocenters. The van der Waals surface area contributed by atoms with Crippen molar-refractivity contribution in [2.45, 2.75) is 65.1 Å². The van der Waals surface area contributed by atoms with Crippen LogP contribution in [0.3, 0.4) is 0 Å². The molecule has 1 saturated heterocycles. The molecule has 1 aliphatic heterocycles. The van der Waals surface area contributed by atoms with E-state index in [1.165, 1.54) is 9.80 Å². The Kier molecular flexibility index (Phi) is 7.83. The summed E-state index contributed by atoms with van der Waals surface area (Å²) in [4.78, 5) is 54.2. The molecule has 4 amide bonds. The van der Waals surface area contributed by atoms with E-state index < -0.39 is 6.04 Å². The summed E-state index contributed by atoms with van der Waals surface area (Å²) in [5.41, 5.74) is 0.912. The Morgan fingerprint density at radius 1 is 1.06 bits per heavy atom. The van der Waals surface area contributed by atoms with E-state index in [4.69, 9.17) is 0 Å². The van der Waals surface area contributed by atoms with Gasteiger partial charge >= 0.3 is 0 Å². The summed E-state index contributed by atoms with van der Waals surface area (Å²) in [5.74, 6) is -1.45. The molecule has 1 aromatic rings. The van der Waals surface area contributed by atoms with Crippen molar-refractivity contribution in [3.8, 4) is 0 Å². The number of benzene rings is 1. The van der Waals surface area contributed by atoms with Crippen LogP contribution in [0.4, 0.5) is 0 Å². The maximum atomic E-state index is 13.2. The maximum Gasteiger partial charge on any atom is 0.242 e. The van der Waals surface area contributed by atoms with Crippen molar-refractivity contribution >= 4 is 23.6 Å². The van der Waals surface area contributed by atoms with E-state index in [1.54, 1.807) is 6.92 Å². The molecule has 1 fully saturated rings. The number of imide groups is 1. The Hall–Kier alpha value is -2.96. The van der Waals surface area contributed by atoms with Crippen molar-refractivity contribution in [3.63, 3.8) is 0 Å². The minimum absolute atomic E-state index is 0.00185. The number of nitrogens with zero attached hydrogens (tertiary/aromatic N) is 2. The van der Waals surface area contributed by atoms with Crippen molar-refractivity contribution in [2.75, 3.05) is 6.54 Å². The fourth-order valence-electron chi connectivity index (χ4n) is 4.27. The standard InChI is InChI=1S/C25H33N3O4/c1-4-17(2)26-23(30)18(3)28(16-19-10-6-5-7-11-19)22(29)14-15-27-24(31)20-12-8-9-13-21(20)25(27)32/h5-11,17-18,20-21H,4,12-16H2,1-3H3,(H,26,30)/t17?,18?,20-,21+. The molecule has 1 N–H and O–H groups in total. The maximum absolute atomic E-state index is 13.2. The zero-order valence-electron chi connectivity index (χ0n) is 19.1. The number of amides is 4. The van der Waals surface area contributed by atoms with Crippen molar-refractivity contribution in [1.29, 1.82) is 0 Å². The summed E-state index contributed by atoms with van der Waals surface area (Å²) in [7, 11) is 0. The number of hydrogen-bond acceptors (Lipinski definition) is 4. The number of rotatable bonds is 9. The van der Waals surface area contributed by atoms with Crippen molar-refractivity contribution in [3.05, 3.63) is 48.0 Å². The van der Waals surface area contributed by atoms with E-state index >= 15 is 0 Å². The number of nitrogens with one attached hydrogen (secondary N) is 1. The van der Waals surface area contributed by atoms with Crippen molar-refractivity contribution in [1.82, 2.24) is 15.1 Å². The summed E-state index contributed by atoms with van der Waals surface area (Å²) < 4.78 is 0. The van der Waals surface area contributed by atoms with Crippen LogP contribution in [0.1, 0.15) is 52.0 Å². The first kappa shape index (κ1) is 23.7. The fourth-order valence-corrected chi connectivity index (χ4v) is 4.27. The van der Waals surface area contributed by atoms with E-state index in [2.05, 4.69) is 5.32 Å². The van der Waals surface area contributed by atoms with E-state index in [9.17, 15) is 19.2 Å². The molecule has 0 bridgehead atoms. The van der Waals surface area contributed by atoms with Crippen LogP contribution in [0.15, 0.2) is 42.5 Å². The smallest absolute Gasteiger partial charge is 0.242 e. The third kappa shape index (κ3) is 5.26. The van der Waals surface area contributed by atoms with Gasteiger partial charge in [0.05, 0.1) is 11.8 Å². The number of fused-ring (bicyclic) bond motifs is 1. The van der Waals surface area contributed by atoms with Gasteiger partial charge in [-0.1, -0.05) is 49.4 Å². The number of carbonyl (C=O) groups is 4. The van der Waals surface area contributed by atoms with Crippen LogP contribution in [0.2, 0.25) is 0 Å². The molecule has 0 spiro atoms. The van der Waals surface area contributed by atoms with Gasteiger partial charge in [-0.15, -0.1) is 0 Å². The Bertz CT molecular complexity index is 856. The molecule has 0 saturated carbocycles. The summed E-state index contributed by atoms with van der Waals surface area (Å²) in [6.45, 7) is 5.96. The second-order valence-electron chi connectivity index (χ2n) is 8.74. The predicted octanol–water partition coefficient (Wildman–Crippen LogP) is 2.66. The molecule has 32 heavy (non-hydrogen) atoms. The van der Waals surface area contributed by atoms with Crippen LogP contribution in [0.5, 0.6) is 0 Å². The zero-order chi connectivity index (χ0) is 23.3. The van der Waals surface area contributed by atoms with E-state index in [0.29, 0.717) is 12.8 Å². The van der Waals surface area contributed by atoms with Crippen LogP contribution in [-0.2, 0) is 25.7 Å². The highest BCUT2D eigenvalue weighted by Gasteiger charge is 2.47. The lowest BCUT2D eigenvalue weighted by Gasteiger charge is -2.30. The number of hydrogen-bond donors (Lipinski definition) is 1. The first-order valence-corrected chi connectivity index (χ1v) is 11.5. The molecule has 2 aliphatic rings. The van der Waals surface area contributed by atoms with Gasteiger partial charge in [0.2, 0.25) is 23.6 Å². The second kappa shape index (κ2) is 10.6. The van der Waals surface area contributed by atoms with Crippen LogP contribution in [0, 0.1) is 11.8 Å². The topological polar surface area (TPSA) is 86.8 Å². The summed E-state index contributed by atoms with van der Waals surface area (Å²) >= 11 is 0. The van der Waals surface area contributed by atoms with Gasteiger partial charge in [0.15, 0.2) is 0 Å². The molecule has 0 radical (unpaired) electrons. The van der Waals surface area contributed by atoms with Gasteiger partial charge in [-0.05, 0) is 38.7 Å². The molecule has 1 heterocycles. The van der Waals surface area contributed by atoms with Crippen LogP contribution >= 0.6 is 0 Å². The normalized spacial score (nSPS) is 21.8. The first-order valence-electron chi connectivity index (χ1n) is 11.5. The highest BCUT2D eigenvalue weighted by atomic mass is 16.2. The minimum atomic E-state index is -0.673. The quantitative estimate of drug-likeness (QED) is 0.473. The third-order valence-electron chi connectivity index (χ3n) is 6.51. The van der Waals surface area contributed by atoms with Crippen molar-refractivity contribution in [2.24, 2.45) is 11.8 Å². The van der Waals surface area contributed by atoms with Gasteiger partial charge in [0.1, 0.15) is 6.04 Å². The molecule has 172 valence electrons. The Morgan fingerprint density at radius 3 is 2.22 bits per heavy atom. The van der Waals surface area contributed by atoms with Crippen LogP contribution < -0.4 is 5.32 Å². The molecule has 3 rings (SSSR count). The fraction of sp³-hybridized carbons (Fsp3) is 0.520. The molecule has 7 heteroatoms. The Morgan fingerprint density at radius 2 is 1.66 bits per heavy atom. The molecular formula is C25H33N3O4. The lowest BCUT2D eigenvalue weighted by molar-refractivity contribution is -0.143. The number of carbonyl (C=O) groups excluding carboxylic acids is 4. The van der Waals surface area contributed by atoms with Crippen molar-refractivity contribution < 1.29 is 19.2 Å².